The molecule has 1 aliphatic heterocycles. The first-order chi connectivity index (χ1) is 18.2. The van der Waals surface area contributed by atoms with Gasteiger partial charge in [-0.15, -0.1) is 0 Å². The van der Waals surface area contributed by atoms with Gasteiger partial charge in [-0.25, -0.2) is 4.99 Å². The molecule has 0 atom stereocenters. The molecular formula is C28H25F2N3O4S. The summed E-state index contributed by atoms with van der Waals surface area (Å²) in [6, 6.07) is 18.6. The molecule has 0 saturated carbocycles. The maximum absolute atomic E-state index is 13.4. The van der Waals surface area contributed by atoms with Crippen LogP contribution >= 0.6 is 11.8 Å². The Hall–Kier alpha value is -4.18. The summed E-state index contributed by atoms with van der Waals surface area (Å²) >= 11 is 1.12. The van der Waals surface area contributed by atoms with Gasteiger partial charge in [-0.05, 0) is 85.1 Å². The third-order valence-corrected chi connectivity index (χ3v) is 6.35. The van der Waals surface area contributed by atoms with Gasteiger partial charge in [0.05, 0.1) is 18.6 Å². The van der Waals surface area contributed by atoms with Crippen LogP contribution in [0.4, 0.5) is 20.2 Å². The van der Waals surface area contributed by atoms with Crippen LogP contribution in [0.3, 0.4) is 0 Å². The minimum atomic E-state index is -2.93. The van der Waals surface area contributed by atoms with Crippen LogP contribution in [-0.2, 0) is 9.59 Å². The number of carbonyl (C=O) groups is 2. The van der Waals surface area contributed by atoms with Crippen LogP contribution in [0, 0.1) is 13.8 Å². The average molecular weight is 538 g/mol. The fourth-order valence-electron chi connectivity index (χ4n) is 3.81. The molecule has 0 radical (unpaired) electrons. The molecule has 3 aromatic carbocycles. The zero-order valence-corrected chi connectivity index (χ0v) is 21.7. The number of aryl methyl sites for hydroxylation is 2. The van der Waals surface area contributed by atoms with E-state index in [0.29, 0.717) is 22.3 Å². The third kappa shape index (κ3) is 6.77. The predicted octanol–water partition coefficient (Wildman–Crippen LogP) is 6.03. The normalized spacial score (nSPS) is 14.2. The first-order valence-corrected chi connectivity index (χ1v) is 12.5. The molecule has 0 fully saturated rings. The smallest absolute Gasteiger partial charge is 0.387 e. The Kier molecular flexibility index (Phi) is 8.42. The Morgan fingerprint density at radius 3 is 2.26 bits per heavy atom. The number of amidine groups is 1. The number of rotatable bonds is 8. The lowest BCUT2D eigenvalue weighted by molar-refractivity contribution is -0.114. The van der Waals surface area contributed by atoms with Gasteiger partial charge >= 0.3 is 6.61 Å². The number of aliphatic imine (C=N–C) groups is 1. The van der Waals surface area contributed by atoms with E-state index in [-0.39, 0.29) is 29.0 Å². The zero-order chi connectivity index (χ0) is 27.2. The van der Waals surface area contributed by atoms with E-state index in [9.17, 15) is 18.4 Å². The monoisotopic (exact) mass is 537 g/mol. The number of anilines is 2. The maximum Gasteiger partial charge on any atom is 0.387 e. The molecule has 4 rings (SSSR count). The van der Waals surface area contributed by atoms with Crippen LogP contribution in [0.15, 0.2) is 77.4 Å². The van der Waals surface area contributed by atoms with Crippen molar-refractivity contribution >= 4 is 46.2 Å². The number of hydrogen-bond donors (Lipinski definition) is 1. The molecule has 196 valence electrons. The highest BCUT2D eigenvalue weighted by Gasteiger charge is 2.32. The molecule has 0 unspecified atom stereocenters. The largest absolute Gasteiger partial charge is 0.497 e. The van der Waals surface area contributed by atoms with E-state index in [1.807, 2.05) is 44.2 Å². The van der Waals surface area contributed by atoms with Crippen LogP contribution in [-0.4, -0.2) is 36.5 Å². The maximum atomic E-state index is 13.4. The number of hydrogen-bond acceptors (Lipinski definition) is 6. The van der Waals surface area contributed by atoms with Gasteiger partial charge in [0.15, 0.2) is 5.17 Å². The summed E-state index contributed by atoms with van der Waals surface area (Å²) < 4.78 is 34.2. The van der Waals surface area contributed by atoms with E-state index in [2.05, 4.69) is 15.0 Å². The van der Waals surface area contributed by atoms with Gasteiger partial charge in [0, 0.05) is 5.69 Å². The Bertz CT molecular complexity index is 1370. The van der Waals surface area contributed by atoms with E-state index in [1.165, 1.54) is 29.2 Å². The number of carbonyl (C=O) groups excluding carboxylic acids is 2. The first kappa shape index (κ1) is 26.9. The summed E-state index contributed by atoms with van der Waals surface area (Å²) in [7, 11) is 1.58. The number of thioether (sulfide) groups is 1. The first-order valence-electron chi connectivity index (χ1n) is 11.6. The van der Waals surface area contributed by atoms with Crippen LogP contribution in [0.1, 0.15) is 16.7 Å². The topological polar surface area (TPSA) is 80.2 Å². The van der Waals surface area contributed by atoms with E-state index >= 15 is 0 Å². The van der Waals surface area contributed by atoms with Crippen LogP contribution in [0.5, 0.6) is 11.5 Å². The van der Waals surface area contributed by atoms with E-state index in [1.54, 1.807) is 25.3 Å². The van der Waals surface area contributed by atoms with E-state index in [4.69, 9.17) is 4.74 Å². The second kappa shape index (κ2) is 11.9. The van der Waals surface area contributed by atoms with Gasteiger partial charge in [-0.1, -0.05) is 30.0 Å². The highest BCUT2D eigenvalue weighted by Crippen LogP contribution is 2.31. The van der Waals surface area contributed by atoms with Gasteiger partial charge in [-0.2, -0.15) is 8.78 Å². The molecule has 0 aliphatic carbocycles. The van der Waals surface area contributed by atoms with Gasteiger partial charge < -0.3 is 14.8 Å². The summed E-state index contributed by atoms with van der Waals surface area (Å²) in [6.45, 7) is 0.964. The summed E-state index contributed by atoms with van der Waals surface area (Å²) in [5.74, 6) is 0.0116. The molecule has 1 heterocycles. The molecular weight excluding hydrogens is 512 g/mol. The van der Waals surface area contributed by atoms with E-state index in [0.717, 1.165) is 28.5 Å². The van der Waals surface area contributed by atoms with Gasteiger partial charge in [0.2, 0.25) is 5.91 Å². The molecule has 38 heavy (non-hydrogen) atoms. The lowest BCUT2D eigenvalue weighted by Crippen LogP contribution is -2.31. The number of nitrogens with one attached hydrogen (secondary N) is 1. The molecule has 1 N–H and O–H groups in total. The standard InChI is InChI=1S/C28H25F2N3O4S/c1-17-12-18(2)14-21(13-17)33-26(35)24(15-19-4-8-22(36-3)9-5-19)32-28(33)38-16-25(34)31-20-6-10-23(11-7-20)37-27(29)30/h4-15,27H,16H2,1-3H3,(H,31,34)/b24-15+. The van der Waals surface area contributed by atoms with Crippen molar-refractivity contribution in [1.29, 1.82) is 0 Å². The fraction of sp³-hybridized carbons (Fsp3) is 0.179. The summed E-state index contributed by atoms with van der Waals surface area (Å²) in [6.07, 6.45) is 1.69. The third-order valence-electron chi connectivity index (χ3n) is 5.41. The van der Waals surface area contributed by atoms with E-state index < -0.39 is 6.61 Å². The Morgan fingerprint density at radius 2 is 1.66 bits per heavy atom. The van der Waals surface area contributed by atoms with Crippen molar-refractivity contribution in [3.8, 4) is 11.5 Å². The molecule has 10 heteroatoms. The molecule has 0 spiro atoms. The molecule has 0 aromatic heterocycles. The second-order valence-corrected chi connectivity index (χ2v) is 9.37. The van der Waals surface area contributed by atoms with Crippen LogP contribution in [0.25, 0.3) is 6.08 Å². The molecule has 1 aliphatic rings. The van der Waals surface area contributed by atoms with Crippen LogP contribution < -0.4 is 19.7 Å². The molecule has 2 amide bonds. The molecule has 3 aromatic rings. The van der Waals surface area contributed by atoms with Crippen LogP contribution in [0.2, 0.25) is 0 Å². The number of ether oxygens (including phenoxy) is 2. The van der Waals surface area contributed by atoms with Crippen molar-refractivity contribution < 1.29 is 27.8 Å². The molecule has 0 saturated heterocycles. The number of halogens is 2. The lowest BCUT2D eigenvalue weighted by Gasteiger charge is -2.19. The van der Waals surface area contributed by atoms with Gasteiger partial charge in [-0.3, -0.25) is 14.5 Å². The second-order valence-electron chi connectivity index (χ2n) is 8.42. The number of alkyl halides is 2. The van der Waals surface area contributed by atoms with Crippen molar-refractivity contribution in [3.05, 3.63) is 89.1 Å². The minimum Gasteiger partial charge on any atom is -0.497 e. The lowest BCUT2D eigenvalue weighted by atomic mass is 10.1. The summed E-state index contributed by atoms with van der Waals surface area (Å²) in [5, 5.41) is 3.08. The van der Waals surface area contributed by atoms with Crippen molar-refractivity contribution in [2.75, 3.05) is 23.1 Å². The number of nitrogens with zero attached hydrogens (tertiary/aromatic N) is 2. The van der Waals surface area contributed by atoms with Crippen molar-refractivity contribution in [3.63, 3.8) is 0 Å². The summed E-state index contributed by atoms with van der Waals surface area (Å²) in [5.41, 5.74) is 4.08. The van der Waals surface area contributed by atoms with Crippen molar-refractivity contribution in [1.82, 2.24) is 0 Å². The summed E-state index contributed by atoms with van der Waals surface area (Å²) in [4.78, 5) is 32.1. The number of amides is 2. The van der Waals surface area contributed by atoms with Crippen molar-refractivity contribution in [2.45, 2.75) is 20.5 Å². The number of methoxy groups -OCH3 is 1. The minimum absolute atomic E-state index is 0.00790. The van der Waals surface area contributed by atoms with Crippen molar-refractivity contribution in [2.24, 2.45) is 4.99 Å². The SMILES string of the molecule is COc1ccc(/C=C2/N=C(SCC(=O)Nc3ccc(OC(F)F)cc3)N(c3cc(C)cc(C)c3)C2=O)cc1. The van der Waals surface area contributed by atoms with Gasteiger partial charge in [0.1, 0.15) is 17.2 Å². The Balaban J connectivity index is 1.53. The zero-order valence-electron chi connectivity index (χ0n) is 20.9. The predicted molar refractivity (Wildman–Crippen MR) is 146 cm³/mol. The van der Waals surface area contributed by atoms with Gasteiger partial charge in [0.25, 0.3) is 5.91 Å². The number of benzene rings is 3. The fourth-order valence-corrected chi connectivity index (χ4v) is 4.62. The highest BCUT2D eigenvalue weighted by molar-refractivity contribution is 8.14. The quantitative estimate of drug-likeness (QED) is 0.355. The highest BCUT2D eigenvalue weighted by atomic mass is 32.2. The Morgan fingerprint density at radius 1 is 1.03 bits per heavy atom. The average Bonchev–Trinajstić information content (AvgIpc) is 3.18. The molecule has 7 nitrogen and oxygen atoms in total. The molecule has 0 bridgehead atoms. The Labute approximate surface area is 223 Å².